The lowest BCUT2D eigenvalue weighted by Crippen LogP contribution is -2.31. The molecule has 0 radical (unpaired) electrons. The van der Waals surface area contributed by atoms with Crippen LogP contribution in [0.4, 0.5) is 10.1 Å². The molecule has 0 saturated heterocycles. The van der Waals surface area contributed by atoms with Crippen LogP contribution in [0.1, 0.15) is 18.4 Å². The molecule has 0 spiro atoms. The van der Waals surface area contributed by atoms with Crippen molar-refractivity contribution in [3.05, 3.63) is 28.0 Å². The van der Waals surface area contributed by atoms with Crippen LogP contribution in [0.25, 0.3) is 0 Å². The van der Waals surface area contributed by atoms with Crippen LogP contribution in [0.15, 0.2) is 16.6 Å². The molecule has 1 aromatic carbocycles. The largest absolute Gasteiger partial charge is 0.374 e. The summed E-state index contributed by atoms with van der Waals surface area (Å²) in [6.07, 6.45) is 2.03. The van der Waals surface area contributed by atoms with Crippen molar-refractivity contribution in [2.24, 2.45) is 0 Å². The van der Waals surface area contributed by atoms with Crippen molar-refractivity contribution in [3.63, 3.8) is 0 Å². The third kappa shape index (κ3) is 2.99. The van der Waals surface area contributed by atoms with E-state index >= 15 is 0 Å². The Hall–Kier alpha value is -1.61. The first-order valence-corrected chi connectivity index (χ1v) is 6.32. The standard InChI is InChI=1S/C12H11BrFN3O/c13-11-7(5-15)1-4-9(12(11)14)16-6-10(18)17-8-2-3-8/h1,4,8,16H,2-3,6H2,(H,17,18). The van der Waals surface area contributed by atoms with Gasteiger partial charge in [-0.3, -0.25) is 4.79 Å². The normalized spacial score (nSPS) is 13.8. The van der Waals surface area contributed by atoms with Gasteiger partial charge in [0.15, 0.2) is 5.82 Å². The number of carbonyl (C=O) groups is 1. The van der Waals surface area contributed by atoms with E-state index in [4.69, 9.17) is 5.26 Å². The van der Waals surface area contributed by atoms with E-state index in [-0.39, 0.29) is 34.2 Å². The molecule has 0 bridgehead atoms. The molecule has 1 fully saturated rings. The molecule has 0 heterocycles. The van der Waals surface area contributed by atoms with E-state index in [2.05, 4.69) is 26.6 Å². The van der Waals surface area contributed by atoms with E-state index in [1.165, 1.54) is 12.1 Å². The minimum Gasteiger partial charge on any atom is -0.374 e. The molecule has 1 aromatic rings. The molecule has 94 valence electrons. The Balaban J connectivity index is 1.98. The number of nitrogens with zero attached hydrogens (tertiary/aromatic N) is 1. The summed E-state index contributed by atoms with van der Waals surface area (Å²) in [4.78, 5) is 11.4. The van der Waals surface area contributed by atoms with Crippen LogP contribution < -0.4 is 10.6 Å². The predicted molar refractivity (Wildman–Crippen MR) is 68.5 cm³/mol. The van der Waals surface area contributed by atoms with Gasteiger partial charge in [-0.05, 0) is 40.9 Å². The highest BCUT2D eigenvalue weighted by atomic mass is 79.9. The highest BCUT2D eigenvalue weighted by Gasteiger charge is 2.23. The number of hydrogen-bond donors (Lipinski definition) is 2. The van der Waals surface area contributed by atoms with Crippen molar-refractivity contribution in [1.29, 1.82) is 5.26 Å². The maximum atomic E-state index is 13.8. The van der Waals surface area contributed by atoms with Crippen LogP contribution in [-0.4, -0.2) is 18.5 Å². The van der Waals surface area contributed by atoms with Gasteiger partial charge in [0.05, 0.1) is 22.3 Å². The van der Waals surface area contributed by atoms with E-state index < -0.39 is 5.82 Å². The monoisotopic (exact) mass is 311 g/mol. The first-order valence-electron chi connectivity index (χ1n) is 5.53. The Morgan fingerprint density at radius 2 is 2.28 bits per heavy atom. The molecule has 0 atom stereocenters. The van der Waals surface area contributed by atoms with Gasteiger partial charge in [-0.15, -0.1) is 0 Å². The molecule has 6 heteroatoms. The van der Waals surface area contributed by atoms with Crippen molar-refractivity contribution in [1.82, 2.24) is 5.32 Å². The summed E-state index contributed by atoms with van der Waals surface area (Å²) in [6.45, 7) is 0.0196. The molecule has 0 aromatic heterocycles. The summed E-state index contributed by atoms with van der Waals surface area (Å²) in [5, 5.41) is 14.2. The number of nitriles is 1. The first-order chi connectivity index (χ1) is 8.61. The van der Waals surface area contributed by atoms with E-state index in [1.54, 1.807) is 0 Å². The van der Waals surface area contributed by atoms with Crippen LogP contribution >= 0.6 is 15.9 Å². The fraction of sp³-hybridized carbons (Fsp3) is 0.333. The molecule has 2 N–H and O–H groups in total. The van der Waals surface area contributed by atoms with E-state index in [9.17, 15) is 9.18 Å². The highest BCUT2D eigenvalue weighted by Crippen LogP contribution is 2.26. The number of nitrogens with one attached hydrogen (secondary N) is 2. The van der Waals surface area contributed by atoms with Crippen LogP contribution in [-0.2, 0) is 4.79 Å². The molecule has 1 aliphatic carbocycles. The molecule has 1 aliphatic rings. The van der Waals surface area contributed by atoms with E-state index in [0.29, 0.717) is 0 Å². The maximum absolute atomic E-state index is 13.8. The zero-order valence-corrected chi connectivity index (χ0v) is 11.1. The molecular formula is C12H11BrFN3O. The summed E-state index contributed by atoms with van der Waals surface area (Å²) in [6, 6.07) is 5.10. The van der Waals surface area contributed by atoms with Crippen molar-refractivity contribution < 1.29 is 9.18 Å². The van der Waals surface area contributed by atoms with Gasteiger partial charge >= 0.3 is 0 Å². The molecule has 1 amide bonds. The Kier molecular flexibility index (Phi) is 3.82. The number of carbonyl (C=O) groups excluding carboxylic acids is 1. The average molecular weight is 312 g/mol. The zero-order chi connectivity index (χ0) is 13.1. The third-order valence-electron chi connectivity index (χ3n) is 2.58. The fourth-order valence-corrected chi connectivity index (χ4v) is 1.89. The smallest absolute Gasteiger partial charge is 0.239 e. The topological polar surface area (TPSA) is 64.9 Å². The number of amides is 1. The molecule has 2 rings (SSSR count). The van der Waals surface area contributed by atoms with Crippen molar-refractivity contribution in [2.45, 2.75) is 18.9 Å². The Morgan fingerprint density at radius 1 is 1.56 bits per heavy atom. The number of anilines is 1. The Bertz CT molecular complexity index is 523. The van der Waals surface area contributed by atoms with Gasteiger partial charge < -0.3 is 10.6 Å². The summed E-state index contributed by atoms with van der Waals surface area (Å²) < 4.78 is 13.9. The van der Waals surface area contributed by atoms with Crippen molar-refractivity contribution in [3.8, 4) is 6.07 Å². The van der Waals surface area contributed by atoms with Crippen molar-refractivity contribution in [2.75, 3.05) is 11.9 Å². The molecular weight excluding hydrogens is 301 g/mol. The van der Waals surface area contributed by atoms with Gasteiger partial charge in [-0.25, -0.2) is 4.39 Å². The maximum Gasteiger partial charge on any atom is 0.239 e. The molecule has 0 unspecified atom stereocenters. The average Bonchev–Trinajstić information content (AvgIpc) is 3.15. The minimum absolute atomic E-state index is 0.0196. The first kappa shape index (κ1) is 12.8. The number of halogens is 2. The second-order valence-corrected chi connectivity index (χ2v) is 4.89. The molecule has 4 nitrogen and oxygen atoms in total. The lowest BCUT2D eigenvalue weighted by Gasteiger charge is -2.09. The SMILES string of the molecule is N#Cc1ccc(NCC(=O)NC2CC2)c(F)c1Br. The van der Waals surface area contributed by atoms with Gasteiger partial charge in [0.25, 0.3) is 0 Å². The summed E-state index contributed by atoms with van der Waals surface area (Å²) in [7, 11) is 0. The quantitative estimate of drug-likeness (QED) is 0.895. The predicted octanol–water partition coefficient (Wildman–Crippen LogP) is 2.15. The third-order valence-corrected chi connectivity index (χ3v) is 3.36. The van der Waals surface area contributed by atoms with Gasteiger partial charge in [0.1, 0.15) is 6.07 Å². The second kappa shape index (κ2) is 5.36. The summed E-state index contributed by atoms with van der Waals surface area (Å²) in [5.41, 5.74) is 0.423. The van der Waals surface area contributed by atoms with Gasteiger partial charge in [-0.2, -0.15) is 5.26 Å². The highest BCUT2D eigenvalue weighted by molar-refractivity contribution is 9.10. The van der Waals surface area contributed by atoms with Crippen LogP contribution in [0.3, 0.4) is 0 Å². The molecule has 18 heavy (non-hydrogen) atoms. The van der Waals surface area contributed by atoms with Gasteiger partial charge in [0.2, 0.25) is 5.91 Å². The lowest BCUT2D eigenvalue weighted by atomic mass is 10.2. The Labute approximate surface area is 112 Å². The zero-order valence-electron chi connectivity index (χ0n) is 9.46. The van der Waals surface area contributed by atoms with E-state index in [1.807, 2.05) is 6.07 Å². The van der Waals surface area contributed by atoms with Crippen LogP contribution in [0.2, 0.25) is 0 Å². The van der Waals surface area contributed by atoms with Crippen molar-refractivity contribution >= 4 is 27.5 Å². The van der Waals surface area contributed by atoms with Gasteiger partial charge in [0, 0.05) is 6.04 Å². The van der Waals surface area contributed by atoms with E-state index in [0.717, 1.165) is 12.8 Å². The summed E-state index contributed by atoms with van der Waals surface area (Å²) >= 11 is 3.01. The van der Waals surface area contributed by atoms with Crippen LogP contribution in [0, 0.1) is 17.1 Å². The lowest BCUT2D eigenvalue weighted by molar-refractivity contribution is -0.119. The number of benzene rings is 1. The minimum atomic E-state index is -0.562. The number of hydrogen-bond acceptors (Lipinski definition) is 3. The van der Waals surface area contributed by atoms with Crippen LogP contribution in [0.5, 0.6) is 0 Å². The Morgan fingerprint density at radius 3 is 2.89 bits per heavy atom. The van der Waals surface area contributed by atoms with Gasteiger partial charge in [-0.1, -0.05) is 0 Å². The second-order valence-electron chi connectivity index (χ2n) is 4.10. The number of rotatable bonds is 4. The molecule has 1 saturated carbocycles. The summed E-state index contributed by atoms with van der Waals surface area (Å²) in [5.74, 6) is -0.717. The molecule has 0 aliphatic heterocycles. The fourth-order valence-electron chi connectivity index (χ4n) is 1.45.